The first kappa shape index (κ1) is 11.5. The summed E-state index contributed by atoms with van der Waals surface area (Å²) in [6.07, 6.45) is 2.72. The lowest BCUT2D eigenvalue weighted by atomic mass is 9.93. The van der Waals surface area contributed by atoms with Crippen LogP contribution in [0.1, 0.15) is 51.2 Å². The summed E-state index contributed by atoms with van der Waals surface area (Å²) in [6.45, 7) is 8.93. The fraction of sp³-hybridized carbons (Fsp3) is 0.600. The molecule has 0 saturated heterocycles. The van der Waals surface area contributed by atoms with Crippen LogP contribution in [0.4, 0.5) is 0 Å². The van der Waals surface area contributed by atoms with Crippen LogP contribution in [0.2, 0.25) is 0 Å². The third kappa shape index (κ3) is 2.23. The van der Waals surface area contributed by atoms with Crippen molar-refractivity contribution in [2.75, 3.05) is 0 Å². The maximum absolute atomic E-state index is 6.08. The molecule has 0 fully saturated rings. The van der Waals surface area contributed by atoms with Crippen LogP contribution in [0.3, 0.4) is 0 Å². The Kier molecular flexibility index (Phi) is 3.22. The van der Waals surface area contributed by atoms with E-state index in [2.05, 4.69) is 45.9 Å². The van der Waals surface area contributed by atoms with Crippen molar-refractivity contribution >= 4 is 0 Å². The van der Waals surface area contributed by atoms with Gasteiger partial charge in [0.25, 0.3) is 0 Å². The van der Waals surface area contributed by atoms with Gasteiger partial charge in [0, 0.05) is 0 Å². The molecule has 1 heteroatoms. The van der Waals surface area contributed by atoms with Crippen molar-refractivity contribution in [1.29, 1.82) is 0 Å². The number of rotatable bonds is 2. The molecule has 1 unspecified atom stereocenters. The normalized spacial score (nSPS) is 19.8. The molecule has 1 aliphatic heterocycles. The van der Waals surface area contributed by atoms with Gasteiger partial charge in [-0.3, -0.25) is 0 Å². The van der Waals surface area contributed by atoms with Crippen molar-refractivity contribution in [3.8, 4) is 5.75 Å². The number of benzene rings is 1. The van der Waals surface area contributed by atoms with E-state index in [1.165, 1.54) is 11.1 Å². The lowest BCUT2D eigenvalue weighted by molar-refractivity contribution is 0.127. The SMILES string of the molecule is CC(C)c1ccc2c(c1)OC(C(C)C)CC2. The summed E-state index contributed by atoms with van der Waals surface area (Å²) in [5.41, 5.74) is 2.75. The second-order valence-corrected chi connectivity index (χ2v) is 5.46. The largest absolute Gasteiger partial charge is 0.490 e. The van der Waals surface area contributed by atoms with E-state index in [0.29, 0.717) is 17.9 Å². The maximum atomic E-state index is 6.08. The van der Waals surface area contributed by atoms with Crippen LogP contribution in [0.25, 0.3) is 0 Å². The Labute approximate surface area is 98.8 Å². The molecule has 0 aromatic heterocycles. The smallest absolute Gasteiger partial charge is 0.123 e. The lowest BCUT2D eigenvalue weighted by Crippen LogP contribution is -2.27. The second-order valence-electron chi connectivity index (χ2n) is 5.46. The lowest BCUT2D eigenvalue weighted by Gasteiger charge is -2.29. The Morgan fingerprint density at radius 2 is 1.94 bits per heavy atom. The molecular formula is C15H22O. The van der Waals surface area contributed by atoms with Crippen molar-refractivity contribution in [3.63, 3.8) is 0 Å². The van der Waals surface area contributed by atoms with E-state index >= 15 is 0 Å². The molecule has 1 aromatic carbocycles. The molecule has 1 aliphatic rings. The monoisotopic (exact) mass is 218 g/mol. The highest BCUT2D eigenvalue weighted by Gasteiger charge is 2.22. The quantitative estimate of drug-likeness (QED) is 0.724. The van der Waals surface area contributed by atoms with Crippen molar-refractivity contribution in [2.24, 2.45) is 5.92 Å². The summed E-state index contributed by atoms with van der Waals surface area (Å²) in [6, 6.07) is 6.71. The van der Waals surface area contributed by atoms with Crippen molar-refractivity contribution in [1.82, 2.24) is 0 Å². The number of aryl methyl sites for hydroxylation is 1. The summed E-state index contributed by atoms with van der Waals surface area (Å²) in [4.78, 5) is 0. The standard InChI is InChI=1S/C15H22O/c1-10(2)13-6-5-12-7-8-14(11(3)4)16-15(12)9-13/h5-6,9-11,14H,7-8H2,1-4H3. The predicted molar refractivity (Wildman–Crippen MR) is 68.1 cm³/mol. The molecule has 1 nitrogen and oxygen atoms in total. The Bertz CT molecular complexity index is 366. The van der Waals surface area contributed by atoms with E-state index in [1.54, 1.807) is 0 Å². The number of ether oxygens (including phenoxy) is 1. The van der Waals surface area contributed by atoms with E-state index < -0.39 is 0 Å². The fourth-order valence-corrected chi connectivity index (χ4v) is 2.24. The second kappa shape index (κ2) is 4.48. The Balaban J connectivity index is 2.25. The molecule has 0 bridgehead atoms. The van der Waals surface area contributed by atoms with Crippen molar-refractivity contribution in [3.05, 3.63) is 29.3 Å². The van der Waals surface area contributed by atoms with E-state index in [4.69, 9.17) is 4.74 Å². The van der Waals surface area contributed by atoms with E-state index in [0.717, 1.165) is 18.6 Å². The van der Waals surface area contributed by atoms with Gasteiger partial charge in [-0.15, -0.1) is 0 Å². The molecule has 0 amide bonds. The first-order chi connectivity index (χ1) is 7.58. The summed E-state index contributed by atoms with van der Waals surface area (Å²) in [5.74, 6) is 2.31. The maximum Gasteiger partial charge on any atom is 0.123 e. The molecule has 0 N–H and O–H groups in total. The van der Waals surface area contributed by atoms with Gasteiger partial charge in [-0.1, -0.05) is 39.8 Å². The molecular weight excluding hydrogens is 196 g/mol. The average Bonchev–Trinajstić information content (AvgIpc) is 2.27. The molecule has 1 atom stereocenters. The first-order valence-corrected chi connectivity index (χ1v) is 6.37. The van der Waals surface area contributed by atoms with Gasteiger partial charge in [0.15, 0.2) is 0 Å². The minimum atomic E-state index is 0.398. The summed E-state index contributed by atoms with van der Waals surface area (Å²) in [5, 5.41) is 0. The van der Waals surface area contributed by atoms with Gasteiger partial charge in [0.2, 0.25) is 0 Å². The third-order valence-corrected chi connectivity index (χ3v) is 3.48. The molecule has 0 spiro atoms. The van der Waals surface area contributed by atoms with Crippen molar-refractivity contribution in [2.45, 2.75) is 52.6 Å². The summed E-state index contributed by atoms with van der Waals surface area (Å²) < 4.78 is 6.08. The van der Waals surface area contributed by atoms with Crippen LogP contribution in [-0.2, 0) is 6.42 Å². The number of hydrogen-bond acceptors (Lipinski definition) is 1. The molecule has 2 rings (SSSR count). The van der Waals surface area contributed by atoms with E-state index in [-0.39, 0.29) is 0 Å². The van der Waals surface area contributed by atoms with Gasteiger partial charge in [0.1, 0.15) is 11.9 Å². The molecule has 1 heterocycles. The van der Waals surface area contributed by atoms with Crippen LogP contribution < -0.4 is 4.74 Å². The van der Waals surface area contributed by atoms with Crippen molar-refractivity contribution < 1.29 is 4.74 Å². The van der Waals surface area contributed by atoms with Crippen LogP contribution >= 0.6 is 0 Å². The van der Waals surface area contributed by atoms with Crippen LogP contribution in [-0.4, -0.2) is 6.10 Å². The number of hydrogen-bond donors (Lipinski definition) is 0. The minimum Gasteiger partial charge on any atom is -0.490 e. The van der Waals surface area contributed by atoms with Gasteiger partial charge in [-0.25, -0.2) is 0 Å². The first-order valence-electron chi connectivity index (χ1n) is 6.37. The number of fused-ring (bicyclic) bond motifs is 1. The Morgan fingerprint density at radius 1 is 1.19 bits per heavy atom. The Morgan fingerprint density at radius 3 is 2.56 bits per heavy atom. The molecule has 1 aromatic rings. The zero-order valence-corrected chi connectivity index (χ0v) is 10.8. The predicted octanol–water partition coefficient (Wildman–Crippen LogP) is 4.16. The highest BCUT2D eigenvalue weighted by atomic mass is 16.5. The summed E-state index contributed by atoms with van der Waals surface area (Å²) in [7, 11) is 0. The van der Waals surface area contributed by atoms with Gasteiger partial charge >= 0.3 is 0 Å². The zero-order valence-electron chi connectivity index (χ0n) is 10.8. The fourth-order valence-electron chi connectivity index (χ4n) is 2.24. The van der Waals surface area contributed by atoms with Gasteiger partial charge < -0.3 is 4.74 Å². The van der Waals surface area contributed by atoms with E-state index in [1.807, 2.05) is 0 Å². The van der Waals surface area contributed by atoms with Crippen LogP contribution in [0.15, 0.2) is 18.2 Å². The van der Waals surface area contributed by atoms with Crippen LogP contribution in [0, 0.1) is 5.92 Å². The third-order valence-electron chi connectivity index (χ3n) is 3.48. The minimum absolute atomic E-state index is 0.398. The van der Waals surface area contributed by atoms with Gasteiger partial charge in [-0.05, 0) is 41.9 Å². The topological polar surface area (TPSA) is 9.23 Å². The molecule has 88 valence electrons. The average molecular weight is 218 g/mol. The Hall–Kier alpha value is -0.980. The van der Waals surface area contributed by atoms with Crippen LogP contribution in [0.5, 0.6) is 5.75 Å². The molecule has 16 heavy (non-hydrogen) atoms. The zero-order chi connectivity index (χ0) is 11.7. The van der Waals surface area contributed by atoms with E-state index in [9.17, 15) is 0 Å². The summed E-state index contributed by atoms with van der Waals surface area (Å²) >= 11 is 0. The van der Waals surface area contributed by atoms with Gasteiger partial charge in [0.05, 0.1) is 0 Å². The molecule has 0 radical (unpaired) electrons. The highest BCUT2D eigenvalue weighted by molar-refractivity contribution is 5.40. The molecule has 0 aliphatic carbocycles. The van der Waals surface area contributed by atoms with Gasteiger partial charge in [-0.2, -0.15) is 0 Å². The molecule has 0 saturated carbocycles. The highest BCUT2D eigenvalue weighted by Crippen LogP contribution is 2.32.